The second-order valence-electron chi connectivity index (χ2n) is 15.8. The van der Waals surface area contributed by atoms with Gasteiger partial charge in [-0.15, -0.1) is 0 Å². The van der Waals surface area contributed by atoms with Gasteiger partial charge in [0.05, 0.1) is 31.8 Å². The van der Waals surface area contributed by atoms with Crippen molar-refractivity contribution < 1.29 is 53.5 Å². The third kappa shape index (κ3) is 18.2. The summed E-state index contributed by atoms with van der Waals surface area (Å²) in [7, 11) is 0. The molecule has 3 rings (SSSR count). The standard InChI is InChI=1S/C40H62N10O11S/c1-23(2)16-25(18-32(53)50-61)37(57)47-28(21-51)39(59)46-27(17-24-10-4-3-5-11-24)38(58)44-19-33(54)43-20-34(55)45-26(36(41)56)12-8-9-15-42-31(52)14-7-6-13-30-35-29(22-62-30)48-40(60)49-35/h3-5,10-11,23,25-30,35,51,61H,6-9,12-22H2,1-2H3,(H2,41,56)(H,42,52)(H,43,54)(H,44,58)(H,45,55)(H,46,59)(H,47,57)(H,50,53)(H2,48,49,60)/t25?,26-,27-,28-,29-,30-,35-/m0/s1. The molecule has 1 aromatic carbocycles. The summed E-state index contributed by atoms with van der Waals surface area (Å²) < 4.78 is 0. The molecule has 0 aliphatic carbocycles. The fourth-order valence-electron chi connectivity index (χ4n) is 7.06. The largest absolute Gasteiger partial charge is 0.394 e. The normalized spacial score (nSPS) is 18.4. The van der Waals surface area contributed by atoms with Crippen LogP contribution in [0.25, 0.3) is 0 Å². The number of fused-ring (bicyclic) bond motifs is 1. The Labute approximate surface area is 364 Å². The number of amides is 10. The lowest BCUT2D eigenvalue weighted by molar-refractivity contribution is -0.137. The third-order valence-corrected chi connectivity index (χ3v) is 11.8. The van der Waals surface area contributed by atoms with Crippen LogP contribution in [0, 0.1) is 11.8 Å². The lowest BCUT2D eigenvalue weighted by Gasteiger charge is -2.24. The van der Waals surface area contributed by atoms with Crippen molar-refractivity contribution in [3.8, 4) is 0 Å². The molecule has 10 amide bonds. The van der Waals surface area contributed by atoms with E-state index >= 15 is 0 Å². The number of thioether (sulfide) groups is 1. The van der Waals surface area contributed by atoms with Crippen LogP contribution >= 0.6 is 11.8 Å². The number of unbranched alkanes of at least 4 members (excludes halogenated alkanes) is 2. The Kier molecular flexibility index (Phi) is 22.0. The van der Waals surface area contributed by atoms with Gasteiger partial charge >= 0.3 is 6.03 Å². The predicted octanol–water partition coefficient (Wildman–Crippen LogP) is -2.04. The zero-order valence-corrected chi connectivity index (χ0v) is 36.0. The number of hydroxylamine groups is 1. The van der Waals surface area contributed by atoms with Gasteiger partial charge in [-0.2, -0.15) is 11.8 Å². The SMILES string of the molecule is CC(C)CC(CC(=O)NO)C(=O)N[C@@H](CO)C(=O)N[C@@H](Cc1ccccc1)C(=O)NCC(=O)NCC(=O)N[C@@H](CCCCNC(=O)CCCC[C@@H]1SC[C@@H]2NC(=O)N[C@@H]21)C(N)=O. The lowest BCUT2D eigenvalue weighted by Crippen LogP contribution is -2.57. The zero-order valence-electron chi connectivity index (χ0n) is 35.2. The van der Waals surface area contributed by atoms with Gasteiger partial charge in [-0.3, -0.25) is 43.6 Å². The van der Waals surface area contributed by atoms with Crippen LogP contribution in [-0.2, 0) is 44.8 Å². The molecule has 62 heavy (non-hydrogen) atoms. The van der Waals surface area contributed by atoms with Crippen LogP contribution in [0.2, 0.25) is 0 Å². The monoisotopic (exact) mass is 890 g/mol. The number of hydrogen-bond donors (Lipinski definition) is 12. The number of aliphatic hydroxyl groups is 1. The molecule has 1 aromatic rings. The number of aliphatic hydroxyl groups excluding tert-OH is 1. The van der Waals surface area contributed by atoms with Crippen molar-refractivity contribution in [3.63, 3.8) is 0 Å². The zero-order chi connectivity index (χ0) is 45.6. The van der Waals surface area contributed by atoms with E-state index in [1.807, 2.05) is 25.6 Å². The van der Waals surface area contributed by atoms with E-state index in [0.29, 0.717) is 36.6 Å². The molecule has 0 bridgehead atoms. The van der Waals surface area contributed by atoms with Crippen LogP contribution in [0.5, 0.6) is 0 Å². The number of hydrogen-bond acceptors (Lipinski definition) is 12. The molecule has 2 saturated heterocycles. The van der Waals surface area contributed by atoms with Crippen molar-refractivity contribution in [1.29, 1.82) is 0 Å². The van der Waals surface area contributed by atoms with Gasteiger partial charge in [0.15, 0.2) is 0 Å². The summed E-state index contributed by atoms with van der Waals surface area (Å²) in [5.74, 6) is -5.65. The first-order valence-electron chi connectivity index (χ1n) is 20.9. The molecule has 2 aliphatic rings. The van der Waals surface area contributed by atoms with Crippen LogP contribution in [0.15, 0.2) is 30.3 Å². The molecule has 2 fully saturated rings. The van der Waals surface area contributed by atoms with Crippen LogP contribution < -0.4 is 53.7 Å². The van der Waals surface area contributed by atoms with Gasteiger partial charge in [-0.25, -0.2) is 10.3 Å². The summed E-state index contributed by atoms with van der Waals surface area (Å²) in [6.45, 7) is 2.02. The molecule has 0 radical (unpaired) electrons. The molecular weight excluding hydrogens is 829 g/mol. The second kappa shape index (κ2) is 26.8. The van der Waals surface area contributed by atoms with Crippen molar-refractivity contribution in [2.75, 3.05) is 32.0 Å². The summed E-state index contributed by atoms with van der Waals surface area (Å²) >= 11 is 1.83. The Morgan fingerprint density at radius 2 is 1.50 bits per heavy atom. The highest BCUT2D eigenvalue weighted by Gasteiger charge is 2.42. The van der Waals surface area contributed by atoms with Gasteiger partial charge < -0.3 is 53.4 Å². The Morgan fingerprint density at radius 1 is 0.790 bits per heavy atom. The summed E-state index contributed by atoms with van der Waals surface area (Å²) in [5, 5.41) is 40.1. The Balaban J connectivity index is 1.39. The molecule has 2 aliphatic heterocycles. The first kappa shape index (κ1) is 50.9. The molecule has 1 unspecified atom stereocenters. The average Bonchev–Trinajstić information content (AvgIpc) is 3.80. The molecule has 7 atom stereocenters. The number of benzene rings is 1. The van der Waals surface area contributed by atoms with Gasteiger partial charge in [-0.05, 0) is 50.0 Å². The number of nitrogens with two attached hydrogens (primary N) is 1. The number of urea groups is 1. The number of nitrogens with one attached hydrogen (secondary N) is 9. The predicted molar refractivity (Wildman–Crippen MR) is 227 cm³/mol. The Bertz CT molecular complexity index is 1710. The topological polar surface area (TPSA) is 328 Å². The summed E-state index contributed by atoms with van der Waals surface area (Å²) in [5.41, 5.74) is 7.59. The average molecular weight is 891 g/mol. The number of carbonyl (C=O) groups is 9. The number of carbonyl (C=O) groups excluding carboxylic acids is 9. The third-order valence-electron chi connectivity index (χ3n) is 10.3. The highest BCUT2D eigenvalue weighted by Crippen LogP contribution is 2.33. The van der Waals surface area contributed by atoms with E-state index in [1.54, 1.807) is 30.3 Å². The van der Waals surface area contributed by atoms with E-state index < -0.39 is 85.1 Å². The van der Waals surface area contributed by atoms with E-state index in [2.05, 4.69) is 42.5 Å². The van der Waals surface area contributed by atoms with Crippen LogP contribution in [0.4, 0.5) is 4.79 Å². The van der Waals surface area contributed by atoms with Gasteiger partial charge in [0.1, 0.15) is 18.1 Å². The van der Waals surface area contributed by atoms with Crippen molar-refractivity contribution >= 4 is 65.1 Å². The second-order valence-corrected chi connectivity index (χ2v) is 17.1. The minimum absolute atomic E-state index is 0.0278. The van der Waals surface area contributed by atoms with E-state index in [0.717, 1.165) is 25.0 Å². The van der Waals surface area contributed by atoms with Crippen molar-refractivity contribution in [1.82, 2.24) is 48.0 Å². The first-order chi connectivity index (χ1) is 29.6. The van der Waals surface area contributed by atoms with Crippen LogP contribution in [-0.4, -0.2) is 131 Å². The smallest absolute Gasteiger partial charge is 0.315 e. The van der Waals surface area contributed by atoms with Crippen LogP contribution in [0.3, 0.4) is 0 Å². The molecular formula is C40H62N10O11S. The summed E-state index contributed by atoms with van der Waals surface area (Å²) in [4.78, 5) is 112. The Hall–Kier alpha value is -5.48. The molecule has 0 saturated carbocycles. The van der Waals surface area contributed by atoms with E-state index in [4.69, 9.17) is 10.9 Å². The molecule has 344 valence electrons. The minimum atomic E-state index is -1.51. The van der Waals surface area contributed by atoms with E-state index in [1.165, 1.54) is 5.48 Å². The molecule has 22 heteroatoms. The quantitative estimate of drug-likeness (QED) is 0.0188. The van der Waals surface area contributed by atoms with Gasteiger partial charge in [0.2, 0.25) is 47.3 Å². The van der Waals surface area contributed by atoms with Gasteiger partial charge in [0.25, 0.3) is 0 Å². The van der Waals surface area contributed by atoms with Crippen molar-refractivity contribution in [2.45, 2.75) is 114 Å². The number of primary amides is 1. The maximum Gasteiger partial charge on any atom is 0.315 e. The molecule has 21 nitrogen and oxygen atoms in total. The molecule has 0 aromatic heterocycles. The van der Waals surface area contributed by atoms with Gasteiger partial charge in [-0.1, -0.05) is 50.6 Å². The highest BCUT2D eigenvalue weighted by molar-refractivity contribution is 8.00. The fraction of sp³-hybridized carbons (Fsp3) is 0.625. The first-order valence-corrected chi connectivity index (χ1v) is 21.9. The molecule has 2 heterocycles. The van der Waals surface area contributed by atoms with Crippen molar-refractivity contribution in [2.24, 2.45) is 17.6 Å². The maximum absolute atomic E-state index is 13.3. The summed E-state index contributed by atoms with van der Waals surface area (Å²) in [6, 6.07) is 4.95. The van der Waals surface area contributed by atoms with Gasteiger partial charge in [0, 0.05) is 42.7 Å². The molecule has 13 N–H and O–H groups in total. The van der Waals surface area contributed by atoms with Crippen LogP contribution in [0.1, 0.15) is 77.2 Å². The minimum Gasteiger partial charge on any atom is -0.394 e. The fourth-order valence-corrected chi connectivity index (χ4v) is 8.61. The molecule has 0 spiro atoms. The summed E-state index contributed by atoms with van der Waals surface area (Å²) in [6.07, 6.45) is 3.89. The van der Waals surface area contributed by atoms with E-state index in [-0.39, 0.29) is 55.6 Å². The van der Waals surface area contributed by atoms with E-state index in [9.17, 15) is 48.3 Å². The lowest BCUT2D eigenvalue weighted by atomic mass is 9.92. The van der Waals surface area contributed by atoms with Crippen molar-refractivity contribution in [3.05, 3.63) is 35.9 Å². The maximum atomic E-state index is 13.3. The number of rotatable bonds is 28. The highest BCUT2D eigenvalue weighted by atomic mass is 32.2. The Morgan fingerprint density at radius 3 is 2.18 bits per heavy atom.